The second-order valence-electron chi connectivity index (χ2n) is 4.90. The summed E-state index contributed by atoms with van der Waals surface area (Å²) in [6.45, 7) is 18.5. The first-order valence-electron chi connectivity index (χ1n) is 7.12. The molecule has 0 bridgehead atoms. The maximum absolute atomic E-state index is 4.24. The molecule has 0 aliphatic rings. The third kappa shape index (κ3) is 4.32. The van der Waals surface area contributed by atoms with Crippen molar-refractivity contribution in [1.82, 2.24) is 0 Å². The van der Waals surface area contributed by atoms with Gasteiger partial charge in [-0.3, -0.25) is 0 Å². The first kappa shape index (κ1) is 16.7. The van der Waals surface area contributed by atoms with Crippen molar-refractivity contribution >= 4 is 11.1 Å². The summed E-state index contributed by atoms with van der Waals surface area (Å²) >= 11 is 0. The number of allylic oxidation sites excluding steroid dienone is 9. The molecule has 1 aromatic carbocycles. The van der Waals surface area contributed by atoms with E-state index in [9.17, 15) is 0 Å². The molecule has 21 heavy (non-hydrogen) atoms. The van der Waals surface area contributed by atoms with Crippen LogP contribution in [-0.4, -0.2) is 0 Å². The largest absolute Gasteiger partial charge is 0.0912 e. The standard InChI is InChI=1S/C21H24/c1-7-9-13-17(4)19(6)21-15-11-10-14-20(21)18(5)16(3)12-8-2/h7-15H,3,5-6H2,1-2,4H3. The van der Waals surface area contributed by atoms with E-state index in [2.05, 4.69) is 44.9 Å². The Morgan fingerprint density at radius 2 is 1.48 bits per heavy atom. The number of rotatable bonds is 6. The molecule has 0 fully saturated rings. The van der Waals surface area contributed by atoms with Crippen LogP contribution in [0, 0.1) is 0 Å². The first-order chi connectivity index (χ1) is 10.0. The van der Waals surface area contributed by atoms with Crippen molar-refractivity contribution in [3.05, 3.63) is 96.7 Å². The van der Waals surface area contributed by atoms with Gasteiger partial charge in [-0.15, -0.1) is 0 Å². The van der Waals surface area contributed by atoms with Crippen LogP contribution in [0.1, 0.15) is 31.9 Å². The van der Waals surface area contributed by atoms with Gasteiger partial charge >= 0.3 is 0 Å². The predicted molar refractivity (Wildman–Crippen MR) is 97.0 cm³/mol. The molecule has 0 aromatic heterocycles. The van der Waals surface area contributed by atoms with Crippen LogP contribution in [0.4, 0.5) is 0 Å². The Morgan fingerprint density at radius 1 is 0.905 bits per heavy atom. The lowest BCUT2D eigenvalue weighted by molar-refractivity contribution is 1.47. The molecule has 0 unspecified atom stereocenters. The molecule has 0 radical (unpaired) electrons. The highest BCUT2D eigenvalue weighted by Crippen LogP contribution is 2.31. The predicted octanol–water partition coefficient (Wildman–Crippen LogP) is 6.37. The van der Waals surface area contributed by atoms with E-state index in [1.54, 1.807) is 0 Å². The fourth-order valence-corrected chi connectivity index (χ4v) is 2.04. The lowest BCUT2D eigenvalue weighted by Crippen LogP contribution is -1.94. The van der Waals surface area contributed by atoms with Crippen molar-refractivity contribution < 1.29 is 0 Å². The average Bonchev–Trinajstić information content (AvgIpc) is 2.51. The van der Waals surface area contributed by atoms with E-state index in [0.717, 1.165) is 33.4 Å². The lowest BCUT2D eigenvalue weighted by atomic mass is 9.89. The van der Waals surface area contributed by atoms with Crippen LogP contribution in [0.2, 0.25) is 0 Å². The van der Waals surface area contributed by atoms with Crippen molar-refractivity contribution in [2.75, 3.05) is 0 Å². The van der Waals surface area contributed by atoms with Gasteiger partial charge in [-0.05, 0) is 54.2 Å². The Morgan fingerprint density at radius 3 is 2.00 bits per heavy atom. The second-order valence-corrected chi connectivity index (χ2v) is 4.90. The zero-order chi connectivity index (χ0) is 15.8. The number of benzene rings is 1. The van der Waals surface area contributed by atoms with E-state index in [1.165, 1.54) is 0 Å². The third-order valence-electron chi connectivity index (χ3n) is 3.35. The monoisotopic (exact) mass is 276 g/mol. The second kappa shape index (κ2) is 8.06. The summed E-state index contributed by atoms with van der Waals surface area (Å²) < 4.78 is 0. The Balaban J connectivity index is 3.25. The molecule has 0 amide bonds. The molecule has 0 atom stereocenters. The van der Waals surface area contributed by atoms with Gasteiger partial charge in [0.25, 0.3) is 0 Å². The van der Waals surface area contributed by atoms with Gasteiger partial charge in [0.15, 0.2) is 0 Å². The van der Waals surface area contributed by atoms with Gasteiger partial charge in [0, 0.05) is 0 Å². The van der Waals surface area contributed by atoms with Gasteiger partial charge in [-0.25, -0.2) is 0 Å². The zero-order valence-corrected chi connectivity index (χ0v) is 13.3. The smallest absolute Gasteiger partial charge is 0.0106 e. The molecule has 0 spiro atoms. The Kier molecular flexibility index (Phi) is 6.42. The summed E-state index contributed by atoms with van der Waals surface area (Å²) in [6.07, 6.45) is 10.1. The van der Waals surface area contributed by atoms with Crippen LogP contribution in [0.3, 0.4) is 0 Å². The molecule has 0 saturated heterocycles. The normalized spacial score (nSPS) is 12.0. The summed E-state index contributed by atoms with van der Waals surface area (Å²) in [7, 11) is 0. The summed E-state index contributed by atoms with van der Waals surface area (Å²) in [4.78, 5) is 0. The molecule has 0 nitrogen and oxygen atoms in total. The molecule has 0 saturated carbocycles. The quantitative estimate of drug-likeness (QED) is 0.530. The lowest BCUT2D eigenvalue weighted by Gasteiger charge is -2.15. The van der Waals surface area contributed by atoms with Crippen molar-refractivity contribution in [2.45, 2.75) is 20.8 Å². The molecule has 0 heterocycles. The maximum atomic E-state index is 4.24. The molecule has 108 valence electrons. The average molecular weight is 276 g/mol. The highest BCUT2D eigenvalue weighted by molar-refractivity contribution is 5.90. The zero-order valence-electron chi connectivity index (χ0n) is 13.3. The van der Waals surface area contributed by atoms with Gasteiger partial charge in [0.05, 0.1) is 0 Å². The van der Waals surface area contributed by atoms with E-state index in [4.69, 9.17) is 0 Å². The summed E-state index contributed by atoms with van der Waals surface area (Å²) in [5.74, 6) is 0. The van der Waals surface area contributed by atoms with E-state index < -0.39 is 0 Å². The minimum absolute atomic E-state index is 0.924. The van der Waals surface area contributed by atoms with Crippen LogP contribution < -0.4 is 0 Å². The number of hydrogen-bond acceptors (Lipinski definition) is 0. The van der Waals surface area contributed by atoms with Gasteiger partial charge < -0.3 is 0 Å². The van der Waals surface area contributed by atoms with E-state index in [0.29, 0.717) is 0 Å². The van der Waals surface area contributed by atoms with E-state index in [-0.39, 0.29) is 0 Å². The van der Waals surface area contributed by atoms with Crippen LogP contribution in [0.5, 0.6) is 0 Å². The highest BCUT2D eigenvalue weighted by atomic mass is 14.1. The highest BCUT2D eigenvalue weighted by Gasteiger charge is 2.10. The van der Waals surface area contributed by atoms with Crippen molar-refractivity contribution in [1.29, 1.82) is 0 Å². The van der Waals surface area contributed by atoms with E-state index in [1.807, 2.05) is 50.3 Å². The van der Waals surface area contributed by atoms with Gasteiger partial charge in [0.1, 0.15) is 0 Å². The van der Waals surface area contributed by atoms with Crippen molar-refractivity contribution in [3.8, 4) is 0 Å². The van der Waals surface area contributed by atoms with Crippen LogP contribution in [0.15, 0.2) is 85.5 Å². The summed E-state index contributed by atoms with van der Waals surface area (Å²) in [5, 5.41) is 0. The molecule has 1 rings (SSSR count). The first-order valence-corrected chi connectivity index (χ1v) is 7.12. The van der Waals surface area contributed by atoms with Crippen LogP contribution >= 0.6 is 0 Å². The van der Waals surface area contributed by atoms with Crippen LogP contribution in [-0.2, 0) is 0 Å². The minimum atomic E-state index is 0.924. The SMILES string of the molecule is C=C(C=CC)C(=C)c1ccccc1C(=C)C(C)=CC=CC. The number of hydrogen-bond donors (Lipinski definition) is 0. The fourth-order valence-electron chi connectivity index (χ4n) is 2.04. The third-order valence-corrected chi connectivity index (χ3v) is 3.35. The Bertz CT molecular complexity index is 634. The van der Waals surface area contributed by atoms with Crippen molar-refractivity contribution in [3.63, 3.8) is 0 Å². The van der Waals surface area contributed by atoms with E-state index >= 15 is 0 Å². The molecule has 0 aliphatic carbocycles. The molecule has 0 aliphatic heterocycles. The van der Waals surface area contributed by atoms with Gasteiger partial charge in [-0.1, -0.05) is 74.4 Å². The minimum Gasteiger partial charge on any atom is -0.0912 e. The Hall–Kier alpha value is -2.34. The fraction of sp³-hybridized carbons (Fsp3) is 0.143. The van der Waals surface area contributed by atoms with Crippen LogP contribution in [0.25, 0.3) is 11.1 Å². The molecule has 0 heteroatoms. The van der Waals surface area contributed by atoms with Gasteiger partial charge in [-0.2, -0.15) is 0 Å². The topological polar surface area (TPSA) is 0 Å². The summed E-state index contributed by atoms with van der Waals surface area (Å²) in [6, 6.07) is 8.20. The summed E-state index contributed by atoms with van der Waals surface area (Å²) in [5.41, 5.74) is 6.20. The Labute approximate surface area is 129 Å². The van der Waals surface area contributed by atoms with Crippen molar-refractivity contribution in [2.24, 2.45) is 0 Å². The van der Waals surface area contributed by atoms with Gasteiger partial charge in [0.2, 0.25) is 0 Å². The molecule has 1 aromatic rings. The maximum Gasteiger partial charge on any atom is -0.0106 e. The molecular weight excluding hydrogens is 252 g/mol. The molecule has 0 N–H and O–H groups in total. The molecular formula is C21H24.